The second kappa shape index (κ2) is 5.85. The molecule has 0 fully saturated rings. The number of anilines is 1. The van der Waals surface area contributed by atoms with Crippen molar-refractivity contribution in [1.82, 2.24) is 10.2 Å². The maximum atomic E-state index is 12.1. The summed E-state index contributed by atoms with van der Waals surface area (Å²) in [5.74, 6) is -1.22. The highest BCUT2D eigenvalue weighted by Gasteiger charge is 2.16. The molecule has 8 heteroatoms. The number of amides is 2. The molecule has 20 heavy (non-hydrogen) atoms. The number of primary amides is 1. The molecule has 0 spiro atoms. The number of halogens is 2. The van der Waals surface area contributed by atoms with Crippen LogP contribution in [0.2, 0.25) is 10.3 Å². The summed E-state index contributed by atoms with van der Waals surface area (Å²) in [6.45, 7) is 0. The lowest BCUT2D eigenvalue weighted by Gasteiger charge is -2.09. The zero-order valence-electron chi connectivity index (χ0n) is 9.93. The van der Waals surface area contributed by atoms with Gasteiger partial charge in [-0.05, 0) is 18.2 Å². The maximum absolute atomic E-state index is 12.1. The van der Waals surface area contributed by atoms with E-state index < -0.39 is 11.8 Å². The lowest BCUT2D eigenvalue weighted by atomic mass is 10.1. The van der Waals surface area contributed by atoms with E-state index in [0.717, 1.165) is 0 Å². The number of nitrogens with zero attached hydrogens (tertiary/aromatic N) is 2. The predicted molar refractivity (Wildman–Crippen MR) is 75.0 cm³/mol. The van der Waals surface area contributed by atoms with Crippen molar-refractivity contribution in [3.8, 4) is 0 Å². The van der Waals surface area contributed by atoms with Crippen LogP contribution in [0.4, 0.5) is 5.69 Å². The first-order chi connectivity index (χ1) is 9.49. The summed E-state index contributed by atoms with van der Waals surface area (Å²) in [6, 6.07) is 7.60. The Kier molecular flexibility index (Phi) is 4.16. The van der Waals surface area contributed by atoms with E-state index in [1.165, 1.54) is 12.1 Å². The van der Waals surface area contributed by atoms with Crippen LogP contribution < -0.4 is 11.1 Å². The number of nitrogens with two attached hydrogens (primary N) is 1. The number of nitrogens with one attached hydrogen (secondary N) is 1. The molecule has 3 N–H and O–H groups in total. The Morgan fingerprint density at radius 3 is 2.50 bits per heavy atom. The van der Waals surface area contributed by atoms with Gasteiger partial charge < -0.3 is 11.1 Å². The van der Waals surface area contributed by atoms with E-state index in [9.17, 15) is 9.59 Å². The molecule has 1 heterocycles. The first kappa shape index (κ1) is 14.2. The van der Waals surface area contributed by atoms with E-state index in [0.29, 0.717) is 0 Å². The Morgan fingerprint density at radius 1 is 1.10 bits per heavy atom. The Balaban J connectivity index is 2.33. The number of carbonyl (C=O) groups excluding carboxylic acids is 2. The summed E-state index contributed by atoms with van der Waals surface area (Å²) >= 11 is 11.4. The average Bonchev–Trinajstić information content (AvgIpc) is 2.41. The number of aromatic nitrogens is 2. The summed E-state index contributed by atoms with van der Waals surface area (Å²) in [5.41, 5.74) is 5.73. The second-order valence-corrected chi connectivity index (χ2v) is 4.48. The van der Waals surface area contributed by atoms with Gasteiger partial charge in [-0.1, -0.05) is 35.3 Å². The molecule has 0 aliphatic carbocycles. The van der Waals surface area contributed by atoms with Crippen molar-refractivity contribution in [2.45, 2.75) is 0 Å². The fraction of sp³-hybridized carbons (Fsp3) is 0. The van der Waals surface area contributed by atoms with E-state index in [1.807, 2.05) is 0 Å². The fourth-order valence-corrected chi connectivity index (χ4v) is 1.83. The second-order valence-electron chi connectivity index (χ2n) is 3.74. The van der Waals surface area contributed by atoms with Crippen molar-refractivity contribution in [1.29, 1.82) is 0 Å². The Morgan fingerprint density at radius 2 is 1.80 bits per heavy atom. The van der Waals surface area contributed by atoms with Gasteiger partial charge in [0.2, 0.25) is 0 Å². The van der Waals surface area contributed by atoms with Crippen LogP contribution in [0.15, 0.2) is 30.3 Å². The summed E-state index contributed by atoms with van der Waals surface area (Å²) in [7, 11) is 0. The lowest BCUT2D eigenvalue weighted by Crippen LogP contribution is -2.18. The maximum Gasteiger partial charge on any atom is 0.258 e. The van der Waals surface area contributed by atoms with E-state index in [1.54, 1.807) is 18.2 Å². The number of hydrogen-bond donors (Lipinski definition) is 2. The monoisotopic (exact) mass is 310 g/mol. The summed E-state index contributed by atoms with van der Waals surface area (Å²) in [4.78, 5) is 23.4. The first-order valence-corrected chi connectivity index (χ1v) is 6.13. The minimum Gasteiger partial charge on any atom is -0.366 e. The topological polar surface area (TPSA) is 98.0 Å². The van der Waals surface area contributed by atoms with Crippen molar-refractivity contribution < 1.29 is 9.59 Å². The SMILES string of the molecule is NC(=O)c1ccccc1NC(=O)c1cc(Cl)nnc1Cl. The molecule has 2 aromatic rings. The van der Waals surface area contributed by atoms with Gasteiger partial charge in [0.15, 0.2) is 10.3 Å². The Hall–Kier alpha value is -2.18. The van der Waals surface area contributed by atoms with E-state index in [2.05, 4.69) is 15.5 Å². The quantitative estimate of drug-likeness (QED) is 0.907. The molecule has 6 nitrogen and oxygen atoms in total. The number of hydrogen-bond acceptors (Lipinski definition) is 4. The minimum atomic E-state index is -0.655. The molecule has 0 saturated carbocycles. The van der Waals surface area contributed by atoms with Crippen LogP contribution in [-0.4, -0.2) is 22.0 Å². The van der Waals surface area contributed by atoms with Crippen LogP contribution in [0.5, 0.6) is 0 Å². The molecule has 0 atom stereocenters. The van der Waals surface area contributed by atoms with Gasteiger partial charge in [0, 0.05) is 0 Å². The van der Waals surface area contributed by atoms with Crippen molar-refractivity contribution >= 4 is 40.7 Å². The van der Waals surface area contributed by atoms with Crippen LogP contribution in [0.1, 0.15) is 20.7 Å². The Labute approximate surface area is 123 Å². The fourth-order valence-electron chi connectivity index (χ4n) is 1.51. The van der Waals surface area contributed by atoms with Crippen LogP contribution in [0.3, 0.4) is 0 Å². The number of carbonyl (C=O) groups is 2. The van der Waals surface area contributed by atoms with E-state index in [-0.39, 0.29) is 27.1 Å². The van der Waals surface area contributed by atoms with Crippen LogP contribution >= 0.6 is 23.2 Å². The number of rotatable bonds is 3. The molecule has 2 rings (SSSR count). The third-order valence-corrected chi connectivity index (χ3v) is 2.87. The molecule has 1 aromatic heterocycles. The summed E-state index contributed by atoms with van der Waals surface area (Å²) < 4.78 is 0. The summed E-state index contributed by atoms with van der Waals surface area (Å²) in [5, 5.41) is 9.50. The molecule has 0 saturated heterocycles. The van der Waals surface area contributed by atoms with Crippen molar-refractivity contribution in [3.05, 3.63) is 51.8 Å². The van der Waals surface area contributed by atoms with Crippen molar-refractivity contribution in [3.63, 3.8) is 0 Å². The Bertz CT molecular complexity index is 691. The average molecular weight is 311 g/mol. The van der Waals surface area contributed by atoms with Gasteiger partial charge >= 0.3 is 0 Å². The highest BCUT2D eigenvalue weighted by molar-refractivity contribution is 6.34. The largest absolute Gasteiger partial charge is 0.366 e. The number of para-hydroxylation sites is 1. The normalized spacial score (nSPS) is 10.1. The smallest absolute Gasteiger partial charge is 0.258 e. The molecular weight excluding hydrogens is 303 g/mol. The third-order valence-electron chi connectivity index (χ3n) is 2.40. The standard InChI is InChI=1S/C12H8Cl2N4O2/c13-9-5-7(10(14)18-17-9)12(20)16-8-4-2-1-3-6(8)11(15)19/h1-5H,(H2,15,19)(H,16,20). The van der Waals surface area contributed by atoms with Gasteiger partial charge in [-0.15, -0.1) is 10.2 Å². The molecule has 0 aliphatic heterocycles. The first-order valence-electron chi connectivity index (χ1n) is 5.38. The molecule has 1 aromatic carbocycles. The highest BCUT2D eigenvalue weighted by atomic mass is 35.5. The molecule has 0 radical (unpaired) electrons. The molecule has 0 bridgehead atoms. The minimum absolute atomic E-state index is 0.0303. The third kappa shape index (κ3) is 3.04. The molecule has 0 aliphatic rings. The van der Waals surface area contributed by atoms with Crippen LogP contribution in [-0.2, 0) is 0 Å². The van der Waals surface area contributed by atoms with Gasteiger partial charge in [0.05, 0.1) is 16.8 Å². The zero-order chi connectivity index (χ0) is 14.7. The zero-order valence-corrected chi connectivity index (χ0v) is 11.4. The van der Waals surface area contributed by atoms with Crippen molar-refractivity contribution in [2.75, 3.05) is 5.32 Å². The van der Waals surface area contributed by atoms with E-state index in [4.69, 9.17) is 28.9 Å². The van der Waals surface area contributed by atoms with Gasteiger partial charge in [0.1, 0.15) is 0 Å². The molecule has 102 valence electrons. The number of benzene rings is 1. The van der Waals surface area contributed by atoms with E-state index >= 15 is 0 Å². The van der Waals surface area contributed by atoms with Gasteiger partial charge in [0.25, 0.3) is 11.8 Å². The van der Waals surface area contributed by atoms with Gasteiger partial charge in [-0.25, -0.2) is 0 Å². The van der Waals surface area contributed by atoms with Gasteiger partial charge in [-0.3, -0.25) is 9.59 Å². The lowest BCUT2D eigenvalue weighted by molar-refractivity contribution is 0.100. The van der Waals surface area contributed by atoms with Gasteiger partial charge in [-0.2, -0.15) is 0 Å². The highest BCUT2D eigenvalue weighted by Crippen LogP contribution is 2.19. The van der Waals surface area contributed by atoms with Crippen LogP contribution in [0, 0.1) is 0 Å². The molecule has 0 unspecified atom stereocenters. The summed E-state index contributed by atoms with van der Waals surface area (Å²) in [6.07, 6.45) is 0. The van der Waals surface area contributed by atoms with Crippen molar-refractivity contribution in [2.24, 2.45) is 5.73 Å². The molecule has 2 amide bonds. The molecular formula is C12H8Cl2N4O2. The van der Waals surface area contributed by atoms with Crippen LogP contribution in [0.25, 0.3) is 0 Å². The predicted octanol–water partition coefficient (Wildman–Crippen LogP) is 2.13.